The topological polar surface area (TPSA) is 120 Å². The molecule has 2 N–H and O–H groups in total. The highest BCUT2D eigenvalue weighted by atomic mass is 32.2. The van der Waals surface area contributed by atoms with E-state index in [-0.39, 0.29) is 24.6 Å². The molecule has 0 saturated carbocycles. The first-order valence-corrected chi connectivity index (χ1v) is 14.4. The number of halogens is 1. The van der Waals surface area contributed by atoms with Crippen LogP contribution in [0.15, 0.2) is 94.2 Å². The molecule has 41 heavy (non-hydrogen) atoms. The molecule has 3 aromatic rings. The monoisotopic (exact) mass is 572 g/mol. The lowest BCUT2D eigenvalue weighted by molar-refractivity contribution is 0.0770. The van der Waals surface area contributed by atoms with Crippen LogP contribution in [-0.2, 0) is 11.4 Å². The van der Waals surface area contributed by atoms with E-state index < -0.39 is 16.8 Å². The molecule has 1 aromatic carbocycles. The summed E-state index contributed by atoms with van der Waals surface area (Å²) >= 11 is -1.59. The number of Topliss-reactive ketones (excluding diaryl/α,β-unsaturated/α-hetero) is 1. The van der Waals surface area contributed by atoms with Gasteiger partial charge in [-0.1, -0.05) is 11.6 Å². The number of nitrogens with zero attached hydrogens (tertiary/aromatic N) is 5. The second-order valence-electron chi connectivity index (χ2n) is 10.3. The van der Waals surface area contributed by atoms with Crippen LogP contribution in [0.25, 0.3) is 0 Å². The summed E-state index contributed by atoms with van der Waals surface area (Å²) in [5.41, 5.74) is 8.11. The van der Waals surface area contributed by atoms with Crippen LogP contribution in [0.3, 0.4) is 0 Å². The number of hydrogen-bond acceptors (Lipinski definition) is 9. The van der Waals surface area contributed by atoms with Crippen molar-refractivity contribution in [1.82, 2.24) is 14.3 Å². The zero-order valence-corrected chi connectivity index (χ0v) is 23.3. The lowest BCUT2D eigenvalue weighted by atomic mass is 9.64. The maximum absolute atomic E-state index is 14.2. The molecular formula is C30H29FN6O3S. The first kappa shape index (κ1) is 27.1. The number of benzene rings is 1. The molecule has 210 valence electrons. The number of aromatic nitrogens is 2. The summed E-state index contributed by atoms with van der Waals surface area (Å²) in [6.07, 6.45) is 7.30. The number of carbonyl (C=O) groups excluding carboxylic acids is 1. The lowest BCUT2D eigenvalue weighted by Gasteiger charge is -2.45. The first-order chi connectivity index (χ1) is 19.9. The molecule has 6 rings (SSSR count). The number of pyridine rings is 2. The number of ether oxygens (including phenoxy) is 1. The van der Waals surface area contributed by atoms with Crippen molar-refractivity contribution >= 4 is 34.4 Å². The summed E-state index contributed by atoms with van der Waals surface area (Å²) in [4.78, 5) is 30.3. The Morgan fingerprint density at radius 1 is 1.22 bits per heavy atom. The highest BCUT2D eigenvalue weighted by Gasteiger charge is 2.52. The lowest BCUT2D eigenvalue weighted by Crippen LogP contribution is -2.53. The number of aliphatic imine (C=N–C) groups is 1. The van der Waals surface area contributed by atoms with Crippen LogP contribution in [-0.4, -0.2) is 63.6 Å². The van der Waals surface area contributed by atoms with Gasteiger partial charge in [-0.05, 0) is 67.1 Å². The molecule has 4 heterocycles. The van der Waals surface area contributed by atoms with Crippen molar-refractivity contribution in [3.05, 3.63) is 95.9 Å². The largest absolute Gasteiger partial charge is 0.593 e. The normalized spacial score (nSPS) is 23.4. The van der Waals surface area contributed by atoms with Crippen molar-refractivity contribution in [3.63, 3.8) is 0 Å². The molecule has 1 aliphatic carbocycles. The van der Waals surface area contributed by atoms with E-state index in [1.54, 1.807) is 48.8 Å². The van der Waals surface area contributed by atoms with E-state index in [2.05, 4.69) is 9.97 Å². The molecular weight excluding hydrogens is 543 g/mol. The van der Waals surface area contributed by atoms with Crippen LogP contribution in [0.4, 0.5) is 15.9 Å². The first-order valence-electron chi connectivity index (χ1n) is 13.3. The SMILES string of the molecule is CN1CCOc2cc([S+]([O-])N3CCC4=CC(=Nc5ccc(F)cc5)C(=CN)CC4(C(=O)c4ccccn4)C3)cnc21. The minimum atomic E-state index is -1.59. The van der Waals surface area contributed by atoms with Gasteiger partial charge in [0, 0.05) is 25.9 Å². The highest BCUT2D eigenvalue weighted by Crippen LogP contribution is 2.47. The molecule has 9 nitrogen and oxygen atoms in total. The van der Waals surface area contributed by atoms with Gasteiger partial charge in [0.2, 0.25) is 0 Å². The van der Waals surface area contributed by atoms with Crippen molar-refractivity contribution in [2.45, 2.75) is 17.7 Å². The summed E-state index contributed by atoms with van der Waals surface area (Å²) in [6, 6.07) is 12.9. The second-order valence-corrected chi connectivity index (χ2v) is 11.7. The maximum atomic E-state index is 14.2. The molecule has 0 amide bonds. The fourth-order valence-corrected chi connectivity index (χ4v) is 6.80. The van der Waals surface area contributed by atoms with Gasteiger partial charge < -0.3 is 19.9 Å². The fraction of sp³-hybridized carbons (Fsp3) is 0.267. The van der Waals surface area contributed by atoms with Gasteiger partial charge in [0.15, 0.2) is 22.2 Å². The Morgan fingerprint density at radius 3 is 2.80 bits per heavy atom. The number of hydrogen-bond donors (Lipinski definition) is 1. The Hall–Kier alpha value is -4.06. The van der Waals surface area contributed by atoms with Crippen LogP contribution in [0.2, 0.25) is 0 Å². The zero-order chi connectivity index (χ0) is 28.6. The molecule has 0 bridgehead atoms. The molecule has 11 heteroatoms. The molecule has 2 aromatic heterocycles. The van der Waals surface area contributed by atoms with Gasteiger partial charge in [-0.2, -0.15) is 0 Å². The van der Waals surface area contributed by atoms with Crippen LogP contribution in [0.5, 0.6) is 5.75 Å². The number of rotatable bonds is 5. The van der Waals surface area contributed by atoms with E-state index >= 15 is 0 Å². The summed E-state index contributed by atoms with van der Waals surface area (Å²) < 4.78 is 35.0. The quantitative estimate of drug-likeness (QED) is 0.360. The number of likely N-dealkylation sites (N-methyl/N-ethyl adjacent to an activating group) is 1. The molecule has 2 unspecified atom stereocenters. The molecule has 2 atom stereocenters. The molecule has 0 spiro atoms. The predicted octanol–water partition coefficient (Wildman–Crippen LogP) is 3.99. The fourth-order valence-electron chi connectivity index (χ4n) is 5.56. The number of carbonyl (C=O) groups is 1. The Kier molecular flexibility index (Phi) is 7.33. The second kappa shape index (κ2) is 11.1. The average molecular weight is 573 g/mol. The standard InChI is InChI=1S/C30H29FN6O3S/c1-36-12-13-40-27-15-24(18-34-29(27)36)41(39)37-11-9-21-14-26(35-23-7-5-22(31)6-8-23)20(17-32)16-30(21,19-37)28(38)25-4-2-3-10-33-25/h2-8,10,14-15,17-18H,9,11-13,16,19,32H2,1H3. The number of fused-ring (bicyclic) bond motifs is 2. The van der Waals surface area contributed by atoms with E-state index in [9.17, 15) is 13.7 Å². The van der Waals surface area contributed by atoms with Gasteiger partial charge in [0.25, 0.3) is 0 Å². The summed E-state index contributed by atoms with van der Waals surface area (Å²) in [7, 11) is 1.94. The third kappa shape index (κ3) is 5.12. The Labute approximate surface area is 240 Å². The van der Waals surface area contributed by atoms with Crippen molar-refractivity contribution in [2.75, 3.05) is 38.2 Å². The number of piperidine rings is 1. The van der Waals surface area contributed by atoms with Crippen LogP contribution in [0.1, 0.15) is 23.3 Å². The molecule has 1 fully saturated rings. The van der Waals surface area contributed by atoms with Gasteiger partial charge in [0.1, 0.15) is 18.1 Å². The minimum Gasteiger partial charge on any atom is -0.593 e. The van der Waals surface area contributed by atoms with Crippen LogP contribution < -0.4 is 15.4 Å². The highest BCUT2D eigenvalue weighted by molar-refractivity contribution is 7.89. The van der Waals surface area contributed by atoms with E-state index in [0.29, 0.717) is 58.7 Å². The Morgan fingerprint density at radius 2 is 2.05 bits per heavy atom. The summed E-state index contributed by atoms with van der Waals surface area (Å²) in [5, 5.41) is 0. The number of ketones is 1. The Balaban J connectivity index is 1.38. The molecule has 2 aliphatic heterocycles. The van der Waals surface area contributed by atoms with Crippen LogP contribution >= 0.6 is 0 Å². The van der Waals surface area contributed by atoms with E-state index in [4.69, 9.17) is 15.5 Å². The smallest absolute Gasteiger partial charge is 0.196 e. The van der Waals surface area contributed by atoms with Gasteiger partial charge in [-0.15, -0.1) is 4.31 Å². The van der Waals surface area contributed by atoms with Gasteiger partial charge in [-0.3, -0.25) is 9.78 Å². The summed E-state index contributed by atoms with van der Waals surface area (Å²) in [5.74, 6) is 0.785. The minimum absolute atomic E-state index is 0.167. The predicted molar refractivity (Wildman–Crippen MR) is 155 cm³/mol. The van der Waals surface area contributed by atoms with Crippen molar-refractivity contribution < 1.29 is 18.5 Å². The maximum Gasteiger partial charge on any atom is 0.196 e. The van der Waals surface area contributed by atoms with Gasteiger partial charge in [-0.25, -0.2) is 14.4 Å². The number of allylic oxidation sites excluding steroid dienone is 2. The third-order valence-electron chi connectivity index (χ3n) is 7.72. The third-order valence-corrected chi connectivity index (χ3v) is 9.13. The zero-order valence-electron chi connectivity index (χ0n) is 22.5. The number of nitrogens with two attached hydrogens (primary N) is 1. The van der Waals surface area contributed by atoms with Crippen molar-refractivity contribution in [1.29, 1.82) is 0 Å². The summed E-state index contributed by atoms with van der Waals surface area (Å²) in [6.45, 7) is 1.90. The van der Waals surface area contributed by atoms with Crippen LogP contribution in [0, 0.1) is 11.2 Å². The van der Waals surface area contributed by atoms with Crippen molar-refractivity contribution in [2.24, 2.45) is 16.1 Å². The Bertz CT molecular complexity index is 1560. The number of anilines is 1. The molecule has 0 radical (unpaired) electrons. The van der Waals surface area contributed by atoms with E-state index in [1.165, 1.54) is 18.3 Å². The van der Waals surface area contributed by atoms with Gasteiger partial charge >= 0.3 is 0 Å². The average Bonchev–Trinajstić information content (AvgIpc) is 3.01. The van der Waals surface area contributed by atoms with Crippen molar-refractivity contribution in [3.8, 4) is 5.75 Å². The van der Waals surface area contributed by atoms with E-state index in [1.807, 2.05) is 22.3 Å². The molecule has 1 saturated heterocycles. The van der Waals surface area contributed by atoms with Gasteiger partial charge in [0.05, 0.1) is 47.5 Å². The molecule has 3 aliphatic rings. The van der Waals surface area contributed by atoms with E-state index in [0.717, 1.165) is 12.1 Å².